The van der Waals surface area contributed by atoms with Gasteiger partial charge in [-0.05, 0) is 90.6 Å². The molecular formula is C30H40N2O. The zero-order valence-electron chi connectivity index (χ0n) is 20.9. The van der Waals surface area contributed by atoms with Crippen molar-refractivity contribution in [3.63, 3.8) is 0 Å². The first-order valence-corrected chi connectivity index (χ1v) is 12.5. The number of hydrogen-bond acceptors (Lipinski definition) is 1. The SMILES string of the molecule is CC(=O)c1ccc2cc[nH]c2c1.CC1C[C@H](C)CC[C@H](C)C1.CCc1ccc2[nH]ccc2c1. The van der Waals surface area contributed by atoms with Crippen molar-refractivity contribution in [1.82, 2.24) is 9.97 Å². The second-order valence-electron chi connectivity index (χ2n) is 9.95. The number of Topliss-reactive ketones (excluding diaryl/α,β-unsaturated/α-hetero) is 1. The molecule has 1 saturated carbocycles. The predicted octanol–water partition coefficient (Wildman–Crippen LogP) is 8.57. The Morgan fingerprint density at radius 2 is 1.42 bits per heavy atom. The maximum atomic E-state index is 11.0. The summed E-state index contributed by atoms with van der Waals surface area (Å²) in [5, 5.41) is 2.45. The van der Waals surface area contributed by atoms with Crippen molar-refractivity contribution in [2.45, 2.75) is 66.7 Å². The third-order valence-corrected chi connectivity index (χ3v) is 6.75. The van der Waals surface area contributed by atoms with Crippen LogP contribution in [0.4, 0.5) is 0 Å². The molecule has 0 spiro atoms. The Labute approximate surface area is 199 Å². The van der Waals surface area contributed by atoms with Crippen LogP contribution in [0, 0.1) is 17.8 Å². The lowest BCUT2D eigenvalue weighted by Gasteiger charge is -2.11. The van der Waals surface area contributed by atoms with Gasteiger partial charge in [-0.15, -0.1) is 0 Å². The fourth-order valence-electron chi connectivity index (χ4n) is 4.86. The number of carbonyl (C=O) groups excluding carboxylic acids is 1. The summed E-state index contributed by atoms with van der Waals surface area (Å²) >= 11 is 0. The Balaban J connectivity index is 0.000000140. The largest absolute Gasteiger partial charge is 0.361 e. The van der Waals surface area contributed by atoms with Crippen LogP contribution in [-0.4, -0.2) is 15.8 Å². The number of aromatic nitrogens is 2. The number of aromatic amines is 2. The quantitative estimate of drug-likeness (QED) is 0.236. The number of hydrogen-bond donors (Lipinski definition) is 2. The number of ketones is 1. The van der Waals surface area contributed by atoms with E-state index in [4.69, 9.17) is 0 Å². The standard InChI is InChI=1S/C10H9NO.C10H11N.C10H20/c1-7(12)9-3-2-8-4-5-11-10(8)6-9;1-2-8-3-4-10-9(7-8)5-6-11-10;1-8-4-5-9(2)7-10(3)6-8/h2-6,11H,1H3;3-7,11H,2H2,1H3;8-10H,4-7H2,1-3H3/t;;8-,9+,10?. The van der Waals surface area contributed by atoms with Crippen molar-refractivity contribution in [3.8, 4) is 0 Å². The molecule has 1 unspecified atom stereocenters. The van der Waals surface area contributed by atoms with Crippen LogP contribution < -0.4 is 0 Å². The van der Waals surface area contributed by atoms with E-state index in [-0.39, 0.29) is 5.78 Å². The summed E-state index contributed by atoms with van der Waals surface area (Å²) in [5.41, 5.74) is 4.40. The summed E-state index contributed by atoms with van der Waals surface area (Å²) in [4.78, 5) is 17.2. The molecule has 5 rings (SSSR count). The number of carbonyl (C=O) groups is 1. The molecule has 176 valence electrons. The molecule has 3 atom stereocenters. The van der Waals surface area contributed by atoms with Gasteiger partial charge in [0, 0.05) is 29.0 Å². The first-order valence-electron chi connectivity index (χ1n) is 12.5. The lowest BCUT2D eigenvalue weighted by atomic mass is 9.95. The normalized spacial score (nSPS) is 20.3. The van der Waals surface area contributed by atoms with Crippen LogP contribution in [0.5, 0.6) is 0 Å². The highest BCUT2D eigenvalue weighted by molar-refractivity contribution is 5.97. The van der Waals surface area contributed by atoms with Gasteiger partial charge in [-0.25, -0.2) is 0 Å². The van der Waals surface area contributed by atoms with Crippen molar-refractivity contribution in [2.24, 2.45) is 17.8 Å². The van der Waals surface area contributed by atoms with Gasteiger partial charge in [-0.2, -0.15) is 0 Å². The Morgan fingerprint density at radius 1 is 0.788 bits per heavy atom. The van der Waals surface area contributed by atoms with Crippen molar-refractivity contribution >= 4 is 27.6 Å². The zero-order valence-corrected chi connectivity index (χ0v) is 20.9. The topological polar surface area (TPSA) is 48.6 Å². The van der Waals surface area contributed by atoms with Crippen LogP contribution in [0.1, 0.15) is 76.2 Å². The summed E-state index contributed by atoms with van der Waals surface area (Å²) in [7, 11) is 0. The predicted molar refractivity (Wildman–Crippen MR) is 142 cm³/mol. The fraction of sp³-hybridized carbons (Fsp3) is 0.433. The number of nitrogens with one attached hydrogen (secondary N) is 2. The van der Waals surface area contributed by atoms with Crippen molar-refractivity contribution in [1.29, 1.82) is 0 Å². The molecule has 0 saturated heterocycles. The van der Waals surface area contributed by atoms with Crippen LogP contribution in [0.25, 0.3) is 21.8 Å². The van der Waals surface area contributed by atoms with Crippen molar-refractivity contribution < 1.29 is 4.79 Å². The number of benzene rings is 2. The zero-order chi connectivity index (χ0) is 23.8. The van der Waals surface area contributed by atoms with Gasteiger partial charge in [0.25, 0.3) is 0 Å². The van der Waals surface area contributed by atoms with E-state index in [1.54, 1.807) is 6.92 Å². The van der Waals surface area contributed by atoms with Gasteiger partial charge in [0.05, 0.1) is 0 Å². The molecule has 2 N–H and O–H groups in total. The molecule has 3 nitrogen and oxygen atoms in total. The molecule has 1 aliphatic rings. The fourth-order valence-corrected chi connectivity index (χ4v) is 4.86. The smallest absolute Gasteiger partial charge is 0.159 e. The molecule has 0 aliphatic heterocycles. The minimum Gasteiger partial charge on any atom is -0.361 e. The first-order chi connectivity index (χ1) is 15.9. The van der Waals surface area contributed by atoms with Crippen LogP contribution >= 0.6 is 0 Å². The van der Waals surface area contributed by atoms with Crippen LogP contribution in [-0.2, 0) is 6.42 Å². The lowest BCUT2D eigenvalue weighted by molar-refractivity contribution is 0.101. The molecule has 2 aromatic carbocycles. The van der Waals surface area contributed by atoms with Gasteiger partial charge < -0.3 is 9.97 Å². The maximum Gasteiger partial charge on any atom is 0.159 e. The number of aryl methyl sites for hydroxylation is 1. The van der Waals surface area contributed by atoms with E-state index in [1.165, 1.54) is 42.1 Å². The van der Waals surface area contributed by atoms with Gasteiger partial charge in [0.1, 0.15) is 0 Å². The Bertz CT molecular complexity index is 1140. The molecule has 0 amide bonds. The molecule has 2 aromatic heterocycles. The van der Waals surface area contributed by atoms with Gasteiger partial charge >= 0.3 is 0 Å². The maximum absolute atomic E-state index is 11.0. The Hall–Kier alpha value is -2.81. The third kappa shape index (κ3) is 7.35. The van der Waals surface area contributed by atoms with E-state index in [0.717, 1.165) is 40.6 Å². The lowest BCUT2D eigenvalue weighted by Crippen LogP contribution is -1.99. The van der Waals surface area contributed by atoms with E-state index < -0.39 is 0 Å². The van der Waals surface area contributed by atoms with E-state index in [0.29, 0.717) is 0 Å². The molecule has 0 bridgehead atoms. The third-order valence-electron chi connectivity index (χ3n) is 6.75. The molecule has 1 aliphatic carbocycles. The van der Waals surface area contributed by atoms with Crippen LogP contribution in [0.3, 0.4) is 0 Å². The Morgan fingerprint density at radius 3 is 2.06 bits per heavy atom. The minimum atomic E-state index is 0.103. The summed E-state index contributed by atoms with van der Waals surface area (Å²) in [6.07, 6.45) is 10.8. The van der Waals surface area contributed by atoms with Gasteiger partial charge in [-0.1, -0.05) is 58.7 Å². The van der Waals surface area contributed by atoms with Crippen LogP contribution in [0.15, 0.2) is 60.9 Å². The molecule has 3 heteroatoms. The van der Waals surface area contributed by atoms with E-state index in [2.05, 4.69) is 61.9 Å². The van der Waals surface area contributed by atoms with Gasteiger partial charge in [0.15, 0.2) is 5.78 Å². The van der Waals surface area contributed by atoms with Gasteiger partial charge in [0.2, 0.25) is 0 Å². The molecule has 33 heavy (non-hydrogen) atoms. The molecular weight excluding hydrogens is 404 g/mol. The highest BCUT2D eigenvalue weighted by atomic mass is 16.1. The van der Waals surface area contributed by atoms with E-state index >= 15 is 0 Å². The molecule has 2 heterocycles. The number of fused-ring (bicyclic) bond motifs is 2. The molecule has 4 aromatic rings. The van der Waals surface area contributed by atoms with Crippen molar-refractivity contribution in [3.05, 3.63) is 72.1 Å². The Kier molecular flexibility index (Phi) is 8.94. The first kappa shape index (κ1) is 24.8. The van der Waals surface area contributed by atoms with Gasteiger partial charge in [-0.3, -0.25) is 4.79 Å². The number of rotatable bonds is 2. The summed E-state index contributed by atoms with van der Waals surface area (Å²) < 4.78 is 0. The summed E-state index contributed by atoms with van der Waals surface area (Å²) in [5.74, 6) is 3.05. The van der Waals surface area contributed by atoms with E-state index in [9.17, 15) is 4.79 Å². The highest BCUT2D eigenvalue weighted by Gasteiger charge is 2.17. The monoisotopic (exact) mass is 444 g/mol. The second-order valence-corrected chi connectivity index (χ2v) is 9.95. The second kappa shape index (κ2) is 11.9. The van der Waals surface area contributed by atoms with Crippen molar-refractivity contribution in [2.75, 3.05) is 0 Å². The average Bonchev–Trinajstić information content (AvgIpc) is 3.43. The average molecular weight is 445 g/mol. The van der Waals surface area contributed by atoms with E-state index in [1.807, 2.05) is 36.7 Å². The number of H-pyrrole nitrogens is 2. The molecule has 0 radical (unpaired) electrons. The highest BCUT2D eigenvalue weighted by Crippen LogP contribution is 2.30. The van der Waals surface area contributed by atoms with Crippen LogP contribution in [0.2, 0.25) is 0 Å². The minimum absolute atomic E-state index is 0.103. The summed E-state index contributed by atoms with van der Waals surface area (Å²) in [6.45, 7) is 10.9. The summed E-state index contributed by atoms with van der Waals surface area (Å²) in [6, 6.07) is 16.3. The molecule has 1 fully saturated rings.